The smallest absolute Gasteiger partial charge is 0.295 e. The molecule has 3 aromatic rings. The molecule has 3 heterocycles. The summed E-state index contributed by atoms with van der Waals surface area (Å²) >= 11 is 0. The summed E-state index contributed by atoms with van der Waals surface area (Å²) in [6, 6.07) is 12.0. The highest BCUT2D eigenvalue weighted by molar-refractivity contribution is 6.46. The van der Waals surface area contributed by atoms with Gasteiger partial charge in [0.05, 0.1) is 24.4 Å². The van der Waals surface area contributed by atoms with Crippen molar-refractivity contribution in [3.8, 4) is 5.75 Å². The first kappa shape index (κ1) is 22.5. The number of nitrogens with zero attached hydrogens (tertiary/aromatic N) is 4. The number of methoxy groups -OCH3 is 1. The Labute approximate surface area is 192 Å². The van der Waals surface area contributed by atoms with Gasteiger partial charge in [-0.3, -0.25) is 14.0 Å². The van der Waals surface area contributed by atoms with Gasteiger partial charge in [-0.2, -0.15) is 0 Å². The molecule has 172 valence electrons. The highest BCUT2D eigenvalue weighted by Crippen LogP contribution is 2.40. The molecule has 8 heteroatoms. The summed E-state index contributed by atoms with van der Waals surface area (Å²) in [5.74, 6) is -0.854. The van der Waals surface area contributed by atoms with Gasteiger partial charge in [0.1, 0.15) is 17.1 Å². The molecule has 1 aliphatic heterocycles. The summed E-state index contributed by atoms with van der Waals surface area (Å²) in [4.78, 5) is 34.4. The fourth-order valence-electron chi connectivity index (χ4n) is 4.33. The highest BCUT2D eigenvalue weighted by atomic mass is 16.5. The van der Waals surface area contributed by atoms with E-state index in [2.05, 4.69) is 4.98 Å². The van der Waals surface area contributed by atoms with Gasteiger partial charge in [-0.15, -0.1) is 0 Å². The first-order valence-corrected chi connectivity index (χ1v) is 10.8. The molecule has 1 amide bonds. The van der Waals surface area contributed by atoms with Crippen LogP contribution in [0.2, 0.25) is 0 Å². The van der Waals surface area contributed by atoms with Crippen LogP contribution in [0.3, 0.4) is 0 Å². The number of ether oxygens (including phenoxy) is 1. The Morgan fingerprint density at radius 3 is 2.55 bits per heavy atom. The van der Waals surface area contributed by atoms with Gasteiger partial charge in [-0.05, 0) is 63.8 Å². The fraction of sp³-hybridized carbons (Fsp3) is 0.320. The third kappa shape index (κ3) is 4.09. The van der Waals surface area contributed by atoms with Crippen LogP contribution in [0.1, 0.15) is 29.4 Å². The van der Waals surface area contributed by atoms with E-state index < -0.39 is 17.7 Å². The summed E-state index contributed by atoms with van der Waals surface area (Å²) in [5, 5.41) is 11.4. The molecule has 1 saturated heterocycles. The molecule has 0 unspecified atom stereocenters. The first-order chi connectivity index (χ1) is 15.8. The third-order valence-electron chi connectivity index (χ3n) is 5.90. The number of Topliss-reactive ketones (excluding diaryl/α,β-unsaturated/α-hetero) is 1. The van der Waals surface area contributed by atoms with E-state index in [0.717, 1.165) is 12.1 Å². The van der Waals surface area contributed by atoms with Gasteiger partial charge < -0.3 is 19.6 Å². The number of benzene rings is 1. The van der Waals surface area contributed by atoms with Crippen molar-refractivity contribution in [1.29, 1.82) is 0 Å². The Morgan fingerprint density at radius 1 is 1.15 bits per heavy atom. The number of aliphatic hydroxyl groups is 1. The number of aryl methyl sites for hydroxylation is 1. The number of likely N-dealkylation sites (tertiary alicyclic amines) is 1. The summed E-state index contributed by atoms with van der Waals surface area (Å²) in [6.07, 6.45) is 2.47. The normalized spacial score (nSPS) is 18.0. The second-order valence-corrected chi connectivity index (χ2v) is 8.40. The van der Waals surface area contributed by atoms with Crippen LogP contribution in [0, 0.1) is 6.92 Å². The lowest BCUT2D eigenvalue weighted by Gasteiger charge is -2.26. The van der Waals surface area contributed by atoms with Crippen molar-refractivity contribution >= 4 is 23.1 Å². The third-order valence-corrected chi connectivity index (χ3v) is 5.90. The van der Waals surface area contributed by atoms with E-state index in [0.29, 0.717) is 35.8 Å². The predicted octanol–water partition coefficient (Wildman–Crippen LogP) is 3.02. The predicted molar refractivity (Wildman–Crippen MR) is 125 cm³/mol. The molecule has 0 bridgehead atoms. The number of rotatable bonds is 7. The largest absolute Gasteiger partial charge is 0.505 e. The number of aliphatic hydroxyl groups excluding tert-OH is 1. The van der Waals surface area contributed by atoms with Crippen LogP contribution in [-0.4, -0.2) is 70.3 Å². The minimum absolute atomic E-state index is 0.0729. The number of hydrogen-bond acceptors (Lipinski definition) is 6. The minimum Gasteiger partial charge on any atom is -0.505 e. The molecule has 1 aromatic carbocycles. The lowest BCUT2D eigenvalue weighted by atomic mass is 9.96. The van der Waals surface area contributed by atoms with Crippen LogP contribution < -0.4 is 4.74 Å². The molecule has 1 fully saturated rings. The van der Waals surface area contributed by atoms with Gasteiger partial charge in [0.25, 0.3) is 11.7 Å². The minimum atomic E-state index is -0.702. The van der Waals surface area contributed by atoms with Crippen molar-refractivity contribution in [3.63, 3.8) is 0 Å². The number of hydrogen-bond donors (Lipinski definition) is 1. The fourth-order valence-corrected chi connectivity index (χ4v) is 4.33. The Bertz CT molecular complexity index is 1230. The monoisotopic (exact) mass is 448 g/mol. The van der Waals surface area contributed by atoms with E-state index in [1.165, 1.54) is 0 Å². The number of amides is 1. The molecular formula is C25H28N4O4. The number of ketones is 1. The van der Waals surface area contributed by atoms with Crippen LogP contribution in [0.15, 0.2) is 54.2 Å². The molecule has 1 N–H and O–H groups in total. The van der Waals surface area contributed by atoms with Crippen molar-refractivity contribution < 1.29 is 19.4 Å². The molecular weight excluding hydrogens is 420 g/mol. The van der Waals surface area contributed by atoms with Crippen molar-refractivity contribution in [2.75, 3.05) is 34.3 Å². The Kier molecular flexibility index (Phi) is 6.20. The van der Waals surface area contributed by atoms with E-state index in [-0.39, 0.29) is 11.3 Å². The van der Waals surface area contributed by atoms with Crippen molar-refractivity contribution in [1.82, 2.24) is 19.2 Å². The average Bonchev–Trinajstić information content (AvgIpc) is 3.27. The number of imidazole rings is 1. The second-order valence-electron chi connectivity index (χ2n) is 8.40. The van der Waals surface area contributed by atoms with Crippen LogP contribution in [-0.2, 0) is 9.59 Å². The van der Waals surface area contributed by atoms with Crippen molar-refractivity contribution in [2.24, 2.45) is 0 Å². The van der Waals surface area contributed by atoms with Crippen LogP contribution in [0.5, 0.6) is 5.75 Å². The van der Waals surface area contributed by atoms with E-state index >= 15 is 0 Å². The Morgan fingerprint density at radius 2 is 1.88 bits per heavy atom. The maximum Gasteiger partial charge on any atom is 0.295 e. The molecule has 0 radical (unpaired) electrons. The van der Waals surface area contributed by atoms with Gasteiger partial charge in [-0.1, -0.05) is 18.2 Å². The van der Waals surface area contributed by atoms with E-state index in [1.54, 1.807) is 41.7 Å². The van der Waals surface area contributed by atoms with Gasteiger partial charge in [0, 0.05) is 12.7 Å². The number of carbonyl (C=O) groups excluding carboxylic acids is 2. The second kappa shape index (κ2) is 9.07. The molecule has 1 atom stereocenters. The van der Waals surface area contributed by atoms with Crippen molar-refractivity contribution in [2.45, 2.75) is 19.4 Å². The molecule has 4 rings (SSSR count). The molecule has 33 heavy (non-hydrogen) atoms. The number of carbonyl (C=O) groups is 2. The van der Waals surface area contributed by atoms with E-state index in [1.807, 2.05) is 49.3 Å². The van der Waals surface area contributed by atoms with Crippen LogP contribution in [0.25, 0.3) is 11.4 Å². The first-order valence-electron chi connectivity index (χ1n) is 10.8. The van der Waals surface area contributed by atoms with Gasteiger partial charge in [0.2, 0.25) is 0 Å². The Balaban J connectivity index is 1.87. The van der Waals surface area contributed by atoms with E-state index in [4.69, 9.17) is 4.74 Å². The number of aromatic nitrogens is 2. The molecule has 0 saturated carbocycles. The summed E-state index contributed by atoms with van der Waals surface area (Å²) in [7, 11) is 5.50. The lowest BCUT2D eigenvalue weighted by Crippen LogP contribution is -2.32. The molecule has 0 aliphatic carbocycles. The number of fused-ring (bicyclic) bond motifs is 1. The Hall–Kier alpha value is -3.65. The summed E-state index contributed by atoms with van der Waals surface area (Å²) < 4.78 is 6.99. The highest BCUT2D eigenvalue weighted by Gasteiger charge is 2.46. The van der Waals surface area contributed by atoms with E-state index in [9.17, 15) is 14.7 Å². The molecule has 0 spiro atoms. The SMILES string of the molecule is COc1ccc([C@H]2/C(=C(\O)c3c(C)nc4ccccn34)C(=O)C(=O)N2CCCN(C)C)cc1. The van der Waals surface area contributed by atoms with Gasteiger partial charge in [0.15, 0.2) is 5.76 Å². The topological polar surface area (TPSA) is 87.4 Å². The molecule has 1 aliphatic rings. The zero-order chi connectivity index (χ0) is 23.7. The average molecular weight is 449 g/mol. The maximum absolute atomic E-state index is 13.2. The summed E-state index contributed by atoms with van der Waals surface area (Å²) in [5.41, 5.74) is 2.44. The maximum atomic E-state index is 13.2. The standard InChI is InChI=1S/C25H28N4O4/c1-16-21(28-14-6-5-8-19(28)26-16)23(30)20-22(17-9-11-18(33-4)12-10-17)29(25(32)24(20)31)15-7-13-27(2)3/h5-6,8-12,14,22,30H,7,13,15H2,1-4H3/b23-20+/t22-/m0/s1. The van der Waals surface area contributed by atoms with Crippen LogP contribution >= 0.6 is 0 Å². The zero-order valence-corrected chi connectivity index (χ0v) is 19.3. The molecule has 2 aromatic heterocycles. The lowest BCUT2D eigenvalue weighted by molar-refractivity contribution is -0.139. The zero-order valence-electron chi connectivity index (χ0n) is 19.3. The summed E-state index contributed by atoms with van der Waals surface area (Å²) in [6.45, 7) is 2.94. The number of pyridine rings is 1. The van der Waals surface area contributed by atoms with Crippen molar-refractivity contribution in [3.05, 3.63) is 71.2 Å². The van der Waals surface area contributed by atoms with Gasteiger partial charge >= 0.3 is 0 Å². The van der Waals surface area contributed by atoms with Crippen LogP contribution in [0.4, 0.5) is 0 Å². The van der Waals surface area contributed by atoms with Gasteiger partial charge in [-0.25, -0.2) is 4.98 Å². The molecule has 8 nitrogen and oxygen atoms in total. The quantitative estimate of drug-likeness (QED) is 0.340.